The second-order valence-electron chi connectivity index (χ2n) is 9.84. The summed E-state index contributed by atoms with van der Waals surface area (Å²) in [5.74, 6) is -0.475. The minimum absolute atomic E-state index is 0.0540. The van der Waals surface area contributed by atoms with Crippen LogP contribution >= 0.6 is 0 Å². The molecule has 0 bridgehead atoms. The molecule has 42 heavy (non-hydrogen) atoms. The molecule has 2 amide bonds. The van der Waals surface area contributed by atoms with Crippen LogP contribution in [0.4, 0.5) is 18.0 Å². The van der Waals surface area contributed by atoms with Crippen LogP contribution in [0.1, 0.15) is 18.1 Å². The summed E-state index contributed by atoms with van der Waals surface area (Å²) in [5, 5.41) is 6.59. The van der Waals surface area contributed by atoms with E-state index in [0.29, 0.717) is 33.4 Å². The Balaban J connectivity index is 1.40. The molecule has 1 aliphatic rings. The Kier molecular flexibility index (Phi) is 6.20. The SMILES string of the molecule is COc1ccc2c(-n3c(=O)n(Cc4ccc(C[C@@]5(C)OC(=O)NC5=O)cc4)c4ccc(OC(F)(F)F)cc43)noc2c1. The van der Waals surface area contributed by atoms with Crippen LogP contribution in [0.2, 0.25) is 0 Å². The van der Waals surface area contributed by atoms with Gasteiger partial charge in [-0.25, -0.2) is 14.2 Å². The highest BCUT2D eigenvalue weighted by Gasteiger charge is 2.44. The van der Waals surface area contributed by atoms with Gasteiger partial charge < -0.3 is 18.7 Å². The molecule has 14 heteroatoms. The number of aromatic nitrogens is 3. The van der Waals surface area contributed by atoms with Crippen molar-refractivity contribution in [3.05, 3.63) is 82.3 Å². The lowest BCUT2D eigenvalue weighted by Crippen LogP contribution is -2.38. The number of ether oxygens (including phenoxy) is 3. The third-order valence-electron chi connectivity index (χ3n) is 6.93. The molecule has 0 aliphatic carbocycles. The van der Waals surface area contributed by atoms with Gasteiger partial charge in [0.1, 0.15) is 11.5 Å². The van der Waals surface area contributed by atoms with Crippen molar-refractivity contribution in [3.63, 3.8) is 0 Å². The van der Waals surface area contributed by atoms with Crippen molar-refractivity contribution in [2.45, 2.75) is 31.9 Å². The number of alkyl carbamates (subject to hydrolysis) is 1. The third kappa shape index (κ3) is 4.80. The van der Waals surface area contributed by atoms with Gasteiger partial charge >= 0.3 is 18.1 Å². The summed E-state index contributed by atoms with van der Waals surface area (Å²) in [4.78, 5) is 37.4. The summed E-state index contributed by atoms with van der Waals surface area (Å²) >= 11 is 0. The molecule has 5 aromatic rings. The van der Waals surface area contributed by atoms with Gasteiger partial charge in [0.2, 0.25) is 0 Å². The van der Waals surface area contributed by atoms with E-state index >= 15 is 0 Å². The number of imidazole rings is 1. The van der Waals surface area contributed by atoms with Crippen LogP contribution in [-0.2, 0) is 22.5 Å². The number of nitrogens with zero attached hydrogens (tertiary/aromatic N) is 3. The monoisotopic (exact) mass is 582 g/mol. The molecule has 1 fully saturated rings. The fourth-order valence-electron chi connectivity index (χ4n) is 4.94. The van der Waals surface area contributed by atoms with Gasteiger partial charge in [-0.05, 0) is 42.3 Å². The Bertz CT molecular complexity index is 1920. The highest BCUT2D eigenvalue weighted by atomic mass is 19.4. The maximum atomic E-state index is 13.8. The summed E-state index contributed by atoms with van der Waals surface area (Å²) in [6.45, 7) is 1.56. The standard InChI is InChI=1S/C28H21F3N4O7/c1-27(24(36)32-25(37)41-27)13-15-3-5-16(6-4-15)14-34-20-10-8-18(40-28(29,30)31)11-21(20)35(26(34)38)23-19-9-7-17(39-2)12-22(19)42-33-23/h3-12H,13-14H2,1-2H3,(H,32,36,37)/t27-/m1/s1. The Morgan fingerprint density at radius 3 is 2.33 bits per heavy atom. The van der Waals surface area contributed by atoms with E-state index in [4.69, 9.17) is 14.0 Å². The number of benzene rings is 3. The molecule has 2 aromatic heterocycles. The number of fused-ring (bicyclic) bond motifs is 2. The molecule has 1 N–H and O–H groups in total. The van der Waals surface area contributed by atoms with Gasteiger partial charge in [0.05, 0.1) is 30.1 Å². The molecular formula is C28H21F3N4O7. The number of alkyl halides is 3. The lowest BCUT2D eigenvalue weighted by Gasteiger charge is -2.19. The number of imide groups is 1. The van der Waals surface area contributed by atoms with Crippen LogP contribution in [0.3, 0.4) is 0 Å². The number of carbonyl (C=O) groups excluding carboxylic acids is 2. The molecule has 6 rings (SSSR count). The summed E-state index contributed by atoms with van der Waals surface area (Å²) in [6.07, 6.45) is -5.61. The van der Waals surface area contributed by atoms with Crippen molar-refractivity contribution in [2.24, 2.45) is 0 Å². The first-order valence-corrected chi connectivity index (χ1v) is 12.5. The minimum Gasteiger partial charge on any atom is -0.497 e. The fourth-order valence-corrected chi connectivity index (χ4v) is 4.94. The normalized spacial score (nSPS) is 17.1. The summed E-state index contributed by atoms with van der Waals surface area (Å²) in [6, 6.07) is 15.4. The number of carbonyl (C=O) groups is 2. The van der Waals surface area contributed by atoms with E-state index < -0.39 is 35.4 Å². The van der Waals surface area contributed by atoms with Crippen LogP contribution in [0.5, 0.6) is 11.5 Å². The Morgan fingerprint density at radius 1 is 0.952 bits per heavy atom. The van der Waals surface area contributed by atoms with Crippen LogP contribution in [0.15, 0.2) is 70.0 Å². The van der Waals surface area contributed by atoms with Crippen molar-refractivity contribution in [3.8, 4) is 17.3 Å². The smallest absolute Gasteiger partial charge is 0.497 e. The summed E-state index contributed by atoms with van der Waals surface area (Å²) < 4.78 is 61.4. The molecule has 11 nitrogen and oxygen atoms in total. The highest BCUT2D eigenvalue weighted by Crippen LogP contribution is 2.31. The molecule has 0 radical (unpaired) electrons. The average Bonchev–Trinajstić information content (AvgIpc) is 3.54. The van der Waals surface area contributed by atoms with Gasteiger partial charge in [0, 0.05) is 18.6 Å². The number of nitrogens with one attached hydrogen (secondary N) is 1. The first-order valence-electron chi connectivity index (χ1n) is 12.5. The molecule has 1 atom stereocenters. The van der Waals surface area contributed by atoms with Gasteiger partial charge in [0.25, 0.3) is 5.91 Å². The number of rotatable bonds is 7. The van der Waals surface area contributed by atoms with E-state index in [9.17, 15) is 27.6 Å². The van der Waals surface area contributed by atoms with Gasteiger partial charge in [-0.3, -0.25) is 14.7 Å². The maximum absolute atomic E-state index is 13.8. The van der Waals surface area contributed by atoms with E-state index in [1.807, 2.05) is 0 Å². The average molecular weight is 582 g/mol. The summed E-state index contributed by atoms with van der Waals surface area (Å²) in [5.41, 5.74) is 0.222. The summed E-state index contributed by atoms with van der Waals surface area (Å²) in [7, 11) is 1.48. The van der Waals surface area contributed by atoms with Crippen molar-refractivity contribution in [1.29, 1.82) is 0 Å². The molecular weight excluding hydrogens is 561 g/mol. The van der Waals surface area contributed by atoms with Crippen LogP contribution in [0.25, 0.3) is 27.8 Å². The largest absolute Gasteiger partial charge is 0.573 e. The zero-order chi connectivity index (χ0) is 29.8. The zero-order valence-corrected chi connectivity index (χ0v) is 22.0. The van der Waals surface area contributed by atoms with E-state index in [1.54, 1.807) is 42.5 Å². The van der Waals surface area contributed by atoms with Crippen molar-refractivity contribution < 1.29 is 41.5 Å². The molecule has 0 saturated carbocycles. The lowest BCUT2D eigenvalue weighted by atomic mass is 9.95. The van der Waals surface area contributed by atoms with Gasteiger partial charge in [-0.1, -0.05) is 29.4 Å². The number of halogens is 3. The first kappa shape index (κ1) is 26.9. The number of cyclic esters (lactones) is 1. The molecule has 1 saturated heterocycles. The number of methoxy groups -OCH3 is 1. The van der Waals surface area contributed by atoms with Gasteiger partial charge in [-0.2, -0.15) is 0 Å². The van der Waals surface area contributed by atoms with E-state index in [-0.39, 0.29) is 24.3 Å². The predicted molar refractivity (Wildman–Crippen MR) is 141 cm³/mol. The molecule has 0 spiro atoms. The quantitative estimate of drug-likeness (QED) is 0.298. The van der Waals surface area contributed by atoms with Gasteiger partial charge in [-0.15, -0.1) is 13.2 Å². The van der Waals surface area contributed by atoms with Crippen molar-refractivity contribution >= 4 is 34.0 Å². The topological polar surface area (TPSA) is 127 Å². The molecule has 0 unspecified atom stereocenters. The van der Waals surface area contributed by atoms with E-state index in [0.717, 1.165) is 12.1 Å². The van der Waals surface area contributed by atoms with Crippen LogP contribution < -0.4 is 20.5 Å². The van der Waals surface area contributed by atoms with Crippen LogP contribution in [0, 0.1) is 0 Å². The molecule has 3 heterocycles. The zero-order valence-electron chi connectivity index (χ0n) is 22.0. The Labute approximate surface area is 234 Å². The van der Waals surface area contributed by atoms with E-state index in [1.165, 1.54) is 29.2 Å². The number of amides is 2. The van der Waals surface area contributed by atoms with Gasteiger partial charge in [0.15, 0.2) is 17.0 Å². The molecule has 3 aromatic carbocycles. The van der Waals surface area contributed by atoms with E-state index in [2.05, 4.69) is 15.2 Å². The number of hydrogen-bond acceptors (Lipinski definition) is 8. The first-order chi connectivity index (χ1) is 19.9. The number of hydrogen-bond donors (Lipinski definition) is 1. The van der Waals surface area contributed by atoms with Crippen molar-refractivity contribution in [1.82, 2.24) is 19.6 Å². The lowest BCUT2D eigenvalue weighted by molar-refractivity contribution is -0.274. The van der Waals surface area contributed by atoms with Crippen molar-refractivity contribution in [2.75, 3.05) is 7.11 Å². The Hall–Kier alpha value is -5.27. The second-order valence-corrected chi connectivity index (χ2v) is 9.84. The third-order valence-corrected chi connectivity index (χ3v) is 6.93. The molecule has 216 valence electrons. The minimum atomic E-state index is -4.94. The molecule has 1 aliphatic heterocycles. The van der Waals surface area contributed by atoms with Crippen LogP contribution in [-0.4, -0.2) is 45.4 Å². The highest BCUT2D eigenvalue weighted by molar-refractivity contribution is 6.02. The predicted octanol–water partition coefficient (Wildman–Crippen LogP) is 4.46. The second kappa shape index (κ2) is 9.68. The fraction of sp³-hybridized carbons (Fsp3) is 0.214. The maximum Gasteiger partial charge on any atom is 0.573 e. The Morgan fingerprint density at radius 2 is 1.67 bits per heavy atom.